The minimum absolute atomic E-state index is 0.0275. The second-order valence-corrected chi connectivity index (χ2v) is 15.2. The van der Waals surface area contributed by atoms with Gasteiger partial charge in [0.05, 0.1) is 44.8 Å². The average Bonchev–Trinajstić information content (AvgIpc) is 3.18. The summed E-state index contributed by atoms with van der Waals surface area (Å²) in [7, 11) is -10.2. The number of phenols is 2. The molecular weight excluding hydrogens is 843 g/mol. The summed E-state index contributed by atoms with van der Waals surface area (Å²) in [5.41, 5.74) is 3.12. The normalized spacial score (nSPS) is 12.4. The van der Waals surface area contributed by atoms with Crippen molar-refractivity contribution in [1.29, 1.82) is 0 Å². The highest BCUT2D eigenvalue weighted by Crippen LogP contribution is 2.50. The van der Waals surface area contributed by atoms with Crippen LogP contribution >= 0.6 is 12.0 Å². The zero-order valence-corrected chi connectivity index (χ0v) is 31.4. The SMILES string of the molecule is Nc1c(N=Nc2ccc3cc(S(=O)(=O)O)c(N=Nc4ccccc4C(=O)O)c(O)c3c2)cc(S(=O)(=O)O)c2cc(SOOO)c(N=Nc3ccccc3C(=O)O)c(O)c12. The van der Waals surface area contributed by atoms with Gasteiger partial charge in [-0.1, -0.05) is 35.4 Å². The highest BCUT2D eigenvalue weighted by Gasteiger charge is 2.26. The Morgan fingerprint density at radius 3 is 1.75 bits per heavy atom. The van der Waals surface area contributed by atoms with Gasteiger partial charge in [0.15, 0.2) is 11.5 Å². The van der Waals surface area contributed by atoms with Gasteiger partial charge in [0.25, 0.3) is 20.2 Å². The molecule has 0 radical (unpaired) electrons. The predicted molar refractivity (Wildman–Crippen MR) is 205 cm³/mol. The first kappa shape index (κ1) is 41.7. The number of hydrogen-bond acceptors (Lipinski definition) is 19. The average molecular weight is 866 g/mol. The van der Waals surface area contributed by atoms with Crippen molar-refractivity contribution in [3.8, 4) is 11.5 Å². The molecule has 0 saturated heterocycles. The molecule has 0 aliphatic rings. The van der Waals surface area contributed by atoms with Crippen LogP contribution in [0.15, 0.2) is 130 Å². The van der Waals surface area contributed by atoms with Crippen LogP contribution in [0.3, 0.4) is 0 Å². The molecule has 9 N–H and O–H groups in total. The molecule has 0 atom stereocenters. The maximum Gasteiger partial charge on any atom is 0.337 e. The van der Waals surface area contributed by atoms with Crippen molar-refractivity contribution in [3.05, 3.63) is 96.1 Å². The minimum Gasteiger partial charge on any atom is -0.505 e. The molecule has 302 valence electrons. The minimum atomic E-state index is -5.15. The van der Waals surface area contributed by atoms with E-state index in [4.69, 9.17) is 11.0 Å². The van der Waals surface area contributed by atoms with Gasteiger partial charge in [0, 0.05) is 10.8 Å². The zero-order valence-electron chi connectivity index (χ0n) is 29.0. The van der Waals surface area contributed by atoms with Crippen LogP contribution in [0.1, 0.15) is 20.7 Å². The molecule has 0 aromatic heterocycles. The van der Waals surface area contributed by atoms with Crippen molar-refractivity contribution in [2.75, 3.05) is 5.73 Å². The molecule has 6 aromatic rings. The second kappa shape index (κ2) is 16.5. The van der Waals surface area contributed by atoms with Gasteiger partial charge in [-0.05, 0) is 60.0 Å². The molecule has 0 amide bonds. The monoisotopic (exact) mass is 865 g/mol. The van der Waals surface area contributed by atoms with E-state index in [0.717, 1.165) is 18.2 Å². The fourth-order valence-corrected chi connectivity index (χ4v) is 7.35. The second-order valence-electron chi connectivity index (χ2n) is 11.7. The van der Waals surface area contributed by atoms with E-state index in [2.05, 4.69) is 40.1 Å². The molecule has 59 heavy (non-hydrogen) atoms. The summed E-state index contributed by atoms with van der Waals surface area (Å²) in [6.45, 7) is 0. The van der Waals surface area contributed by atoms with Crippen LogP contribution < -0.4 is 5.73 Å². The standard InChI is InChI=1S/C34H23N7O15S3/c35-28-23(14-25(58(49,50)51)20-13-24(57-56-55-48)29(32(43)27(20)28)40-37-21-7-3-1-5-17(21)33(44)45)39-36-16-10-9-15-11-26(59(52,53)54)30(31(42)19(15)12-16)41-38-22-8-4-2-6-18(22)34(46)47/h1-14,42-43,48H,35H2,(H,44,45)(H,46,47)(H,49,50,51)(H,52,53,54). The number of hydrogen-bond donors (Lipinski definition) is 8. The molecule has 0 bridgehead atoms. The summed E-state index contributed by atoms with van der Waals surface area (Å²) < 4.78 is 74.5. The molecule has 0 aliphatic heterocycles. The fraction of sp³-hybridized carbons (Fsp3) is 0. The number of azo groups is 3. The third kappa shape index (κ3) is 8.66. The number of rotatable bonds is 13. The van der Waals surface area contributed by atoms with Crippen molar-refractivity contribution in [2.24, 2.45) is 30.7 Å². The van der Waals surface area contributed by atoms with E-state index in [1.165, 1.54) is 66.7 Å². The van der Waals surface area contributed by atoms with Gasteiger partial charge in [-0.3, -0.25) is 9.11 Å². The van der Waals surface area contributed by atoms with Gasteiger partial charge in [-0.2, -0.15) is 21.9 Å². The molecule has 0 fully saturated rings. The fourth-order valence-electron chi connectivity index (χ4n) is 5.50. The first-order valence-electron chi connectivity index (χ1n) is 15.8. The van der Waals surface area contributed by atoms with Crippen molar-refractivity contribution in [2.45, 2.75) is 14.7 Å². The van der Waals surface area contributed by atoms with Crippen LogP contribution in [-0.2, 0) is 29.6 Å². The predicted octanol–water partition coefficient (Wildman–Crippen LogP) is 8.55. The summed E-state index contributed by atoms with van der Waals surface area (Å²) in [6.07, 6.45) is 0. The van der Waals surface area contributed by atoms with Crippen LogP contribution in [0.25, 0.3) is 21.5 Å². The topological polar surface area (TPSA) is 363 Å². The van der Waals surface area contributed by atoms with E-state index >= 15 is 0 Å². The summed E-state index contributed by atoms with van der Waals surface area (Å²) in [5.74, 6) is -4.47. The molecule has 6 aromatic carbocycles. The van der Waals surface area contributed by atoms with Crippen LogP contribution in [0.2, 0.25) is 0 Å². The molecule has 6 rings (SSSR count). The number of carboxylic acids is 2. The molecule has 0 aliphatic carbocycles. The largest absolute Gasteiger partial charge is 0.505 e. The highest BCUT2D eigenvalue weighted by molar-refractivity contribution is 7.94. The Kier molecular flexibility index (Phi) is 11.6. The number of aromatic hydroxyl groups is 2. The lowest BCUT2D eigenvalue weighted by molar-refractivity contribution is -0.432. The van der Waals surface area contributed by atoms with E-state index in [1.807, 2.05) is 0 Å². The van der Waals surface area contributed by atoms with Gasteiger partial charge in [0.1, 0.15) is 38.2 Å². The highest BCUT2D eigenvalue weighted by atomic mass is 32.2. The lowest BCUT2D eigenvalue weighted by Crippen LogP contribution is -2.02. The number of nitrogen functional groups attached to an aromatic ring is 1. The Balaban J connectivity index is 1.50. The van der Waals surface area contributed by atoms with Crippen LogP contribution in [0, 0.1) is 0 Å². The number of aromatic carboxylic acids is 2. The molecule has 0 unspecified atom stereocenters. The van der Waals surface area contributed by atoms with Crippen molar-refractivity contribution in [3.63, 3.8) is 0 Å². The number of benzene rings is 6. The lowest BCUT2D eigenvalue weighted by Gasteiger charge is -2.14. The molecule has 0 heterocycles. The van der Waals surface area contributed by atoms with E-state index in [9.17, 15) is 56.0 Å². The van der Waals surface area contributed by atoms with E-state index in [0.29, 0.717) is 0 Å². The summed E-state index contributed by atoms with van der Waals surface area (Å²) in [6, 6.07) is 17.1. The number of nitrogens with zero attached hydrogens (tertiary/aromatic N) is 6. The molecular formula is C34H23N7O15S3. The van der Waals surface area contributed by atoms with Gasteiger partial charge in [-0.15, -0.1) is 29.9 Å². The first-order chi connectivity index (χ1) is 27.9. The van der Waals surface area contributed by atoms with Crippen LogP contribution in [0.5, 0.6) is 11.5 Å². The number of fused-ring (bicyclic) bond motifs is 2. The Morgan fingerprint density at radius 2 is 1.19 bits per heavy atom. The maximum absolute atomic E-state index is 12.7. The third-order valence-electron chi connectivity index (χ3n) is 8.12. The lowest BCUT2D eigenvalue weighted by atomic mass is 10.0. The van der Waals surface area contributed by atoms with Crippen molar-refractivity contribution in [1.82, 2.24) is 0 Å². The number of nitrogens with two attached hydrogens (primary N) is 1. The first-order valence-corrected chi connectivity index (χ1v) is 19.4. The maximum atomic E-state index is 12.7. The Hall–Kier alpha value is -6.97. The molecule has 0 saturated carbocycles. The van der Waals surface area contributed by atoms with Crippen molar-refractivity contribution >= 4 is 106 Å². The van der Waals surface area contributed by atoms with Gasteiger partial charge in [0.2, 0.25) is 0 Å². The van der Waals surface area contributed by atoms with Crippen molar-refractivity contribution < 1.29 is 70.6 Å². The van der Waals surface area contributed by atoms with Gasteiger partial charge >= 0.3 is 11.9 Å². The number of anilines is 1. The quantitative estimate of drug-likeness (QED) is 0.0134. The molecule has 22 nitrogen and oxygen atoms in total. The van der Waals surface area contributed by atoms with E-state index in [1.54, 1.807) is 0 Å². The Labute approximate surface area is 333 Å². The summed E-state index contributed by atoms with van der Waals surface area (Å²) in [4.78, 5) is 21.3. The zero-order chi connectivity index (χ0) is 42.8. The Morgan fingerprint density at radius 1 is 0.627 bits per heavy atom. The Bertz CT molecular complexity index is 3050. The van der Waals surface area contributed by atoms with E-state index < -0.39 is 87.0 Å². The molecule has 0 spiro atoms. The van der Waals surface area contributed by atoms with Gasteiger partial charge < -0.3 is 26.2 Å². The smallest absolute Gasteiger partial charge is 0.337 e. The van der Waals surface area contributed by atoms with Gasteiger partial charge in [-0.25, -0.2) is 14.8 Å². The van der Waals surface area contributed by atoms with E-state index in [-0.39, 0.29) is 55.9 Å². The number of carbonyl (C=O) groups is 2. The summed E-state index contributed by atoms with van der Waals surface area (Å²) in [5, 5.41) is 76.4. The van der Waals surface area contributed by atoms with Crippen LogP contribution in [-0.4, -0.2) is 63.6 Å². The van der Waals surface area contributed by atoms with Crippen LogP contribution in [0.4, 0.5) is 39.8 Å². The number of carboxylic acid groups (broad SMARTS) is 2. The third-order valence-corrected chi connectivity index (χ3v) is 10.5. The summed E-state index contributed by atoms with van der Waals surface area (Å²) >= 11 is 0.202. The number of phenolic OH excluding ortho intramolecular Hbond substituents is 2. The molecule has 25 heteroatoms.